The van der Waals surface area contributed by atoms with Gasteiger partial charge in [0.1, 0.15) is 0 Å². The molecule has 80 valence electrons. The third-order valence-corrected chi connectivity index (χ3v) is 2.51. The van der Waals surface area contributed by atoms with Gasteiger partial charge in [-0.3, -0.25) is 0 Å². The average molecular weight is 214 g/mol. The van der Waals surface area contributed by atoms with E-state index in [0.29, 0.717) is 17.7 Å². The summed E-state index contributed by atoms with van der Waals surface area (Å²) in [6.07, 6.45) is 9.03. The zero-order valence-corrected chi connectivity index (χ0v) is 9.15. The van der Waals surface area contributed by atoms with Crippen molar-refractivity contribution in [2.24, 2.45) is 0 Å². The number of allylic oxidation sites excluding steroid dienone is 1. The standard InChI is InChI=1S/C10H18N2OS/c13-8-7-11-10(14)12-9-5-3-1-2-4-6-9/h1,3,9,13H,2,4-8H2,(H2,11,12,14)/t9-/m1/s1. The zero-order valence-electron chi connectivity index (χ0n) is 8.33. The predicted molar refractivity (Wildman–Crippen MR) is 62.2 cm³/mol. The van der Waals surface area contributed by atoms with Crippen LogP contribution in [0, 0.1) is 0 Å². The second kappa shape index (κ2) is 6.79. The number of aliphatic hydroxyl groups is 1. The molecule has 3 nitrogen and oxygen atoms in total. The van der Waals surface area contributed by atoms with E-state index in [1.165, 1.54) is 12.8 Å². The fourth-order valence-electron chi connectivity index (χ4n) is 1.52. The number of thiocarbonyl (C=S) groups is 1. The van der Waals surface area contributed by atoms with Crippen molar-refractivity contribution in [1.82, 2.24) is 10.6 Å². The van der Waals surface area contributed by atoms with E-state index in [0.717, 1.165) is 12.8 Å². The summed E-state index contributed by atoms with van der Waals surface area (Å²) in [6.45, 7) is 0.640. The predicted octanol–water partition coefficient (Wildman–Crippen LogP) is 0.942. The molecule has 0 spiro atoms. The smallest absolute Gasteiger partial charge is 0.166 e. The summed E-state index contributed by atoms with van der Waals surface area (Å²) in [4.78, 5) is 0. The number of aliphatic hydroxyl groups excluding tert-OH is 1. The van der Waals surface area contributed by atoms with Crippen molar-refractivity contribution in [3.63, 3.8) is 0 Å². The third kappa shape index (κ3) is 4.58. The molecule has 4 heteroatoms. The minimum Gasteiger partial charge on any atom is -0.395 e. The first-order chi connectivity index (χ1) is 6.83. The van der Waals surface area contributed by atoms with Gasteiger partial charge in [0.05, 0.1) is 6.61 Å². The highest BCUT2D eigenvalue weighted by Crippen LogP contribution is 2.10. The summed E-state index contributed by atoms with van der Waals surface area (Å²) < 4.78 is 0. The van der Waals surface area contributed by atoms with E-state index in [4.69, 9.17) is 17.3 Å². The molecule has 0 fully saturated rings. The first-order valence-electron chi connectivity index (χ1n) is 5.13. The first kappa shape index (κ1) is 11.5. The molecule has 0 heterocycles. The van der Waals surface area contributed by atoms with Gasteiger partial charge in [0.2, 0.25) is 0 Å². The Kier molecular flexibility index (Phi) is 5.56. The normalized spacial score (nSPS) is 21.4. The zero-order chi connectivity index (χ0) is 10.2. The van der Waals surface area contributed by atoms with Crippen molar-refractivity contribution in [3.8, 4) is 0 Å². The molecule has 0 aromatic heterocycles. The van der Waals surface area contributed by atoms with Gasteiger partial charge in [-0.05, 0) is 37.9 Å². The Hall–Kier alpha value is -0.610. The lowest BCUT2D eigenvalue weighted by Crippen LogP contribution is -2.42. The fourth-order valence-corrected chi connectivity index (χ4v) is 1.78. The quantitative estimate of drug-likeness (QED) is 0.483. The Morgan fingerprint density at radius 3 is 3.14 bits per heavy atom. The van der Waals surface area contributed by atoms with E-state index in [9.17, 15) is 0 Å². The minimum absolute atomic E-state index is 0.117. The lowest BCUT2D eigenvalue weighted by Gasteiger charge is -2.18. The van der Waals surface area contributed by atoms with Gasteiger partial charge < -0.3 is 15.7 Å². The number of rotatable bonds is 3. The molecule has 0 bridgehead atoms. The maximum absolute atomic E-state index is 8.60. The molecule has 0 aromatic rings. The van der Waals surface area contributed by atoms with Crippen molar-refractivity contribution < 1.29 is 5.11 Å². The Labute approximate surface area is 90.6 Å². The van der Waals surface area contributed by atoms with Crippen LogP contribution in [0.1, 0.15) is 25.7 Å². The second-order valence-electron chi connectivity index (χ2n) is 3.46. The van der Waals surface area contributed by atoms with E-state index < -0.39 is 0 Å². The van der Waals surface area contributed by atoms with Crippen LogP contribution in [0.25, 0.3) is 0 Å². The van der Waals surface area contributed by atoms with Crippen LogP contribution in [0.5, 0.6) is 0 Å². The van der Waals surface area contributed by atoms with Crippen LogP contribution in [0.3, 0.4) is 0 Å². The molecule has 1 aliphatic rings. The molecule has 0 saturated carbocycles. The van der Waals surface area contributed by atoms with Gasteiger partial charge in [-0.2, -0.15) is 0 Å². The van der Waals surface area contributed by atoms with Gasteiger partial charge in [-0.25, -0.2) is 0 Å². The van der Waals surface area contributed by atoms with Crippen molar-refractivity contribution in [3.05, 3.63) is 12.2 Å². The molecular formula is C10H18N2OS. The molecule has 1 aliphatic carbocycles. The summed E-state index contributed by atoms with van der Waals surface area (Å²) >= 11 is 5.09. The Morgan fingerprint density at radius 2 is 2.36 bits per heavy atom. The number of hydrogen-bond acceptors (Lipinski definition) is 2. The molecule has 1 atom stereocenters. The summed E-state index contributed by atoms with van der Waals surface area (Å²) in [5, 5.41) is 15.5. The van der Waals surface area contributed by atoms with Crippen LogP contribution < -0.4 is 10.6 Å². The number of hydrogen-bond donors (Lipinski definition) is 3. The lowest BCUT2D eigenvalue weighted by molar-refractivity contribution is 0.300. The summed E-state index contributed by atoms with van der Waals surface area (Å²) in [5.74, 6) is 0. The molecule has 1 rings (SSSR count). The van der Waals surface area contributed by atoms with Crippen LogP contribution in [0.4, 0.5) is 0 Å². The van der Waals surface area contributed by atoms with Gasteiger partial charge in [-0.15, -0.1) is 0 Å². The van der Waals surface area contributed by atoms with Crippen LogP contribution in [0.2, 0.25) is 0 Å². The van der Waals surface area contributed by atoms with E-state index in [1.807, 2.05) is 0 Å². The second-order valence-corrected chi connectivity index (χ2v) is 3.87. The van der Waals surface area contributed by atoms with Gasteiger partial charge in [0, 0.05) is 12.6 Å². The number of nitrogens with one attached hydrogen (secondary N) is 2. The van der Waals surface area contributed by atoms with Crippen molar-refractivity contribution in [1.29, 1.82) is 0 Å². The Balaban J connectivity index is 2.21. The molecule has 0 aromatic carbocycles. The van der Waals surface area contributed by atoms with Crippen molar-refractivity contribution in [2.75, 3.05) is 13.2 Å². The molecule has 3 N–H and O–H groups in total. The van der Waals surface area contributed by atoms with E-state index in [-0.39, 0.29) is 6.61 Å². The monoisotopic (exact) mass is 214 g/mol. The molecule has 0 saturated heterocycles. The third-order valence-electron chi connectivity index (χ3n) is 2.24. The molecule has 0 aliphatic heterocycles. The van der Waals surface area contributed by atoms with Crippen LogP contribution in [-0.4, -0.2) is 29.4 Å². The highest BCUT2D eigenvalue weighted by Gasteiger charge is 2.09. The molecule has 0 radical (unpaired) electrons. The molecule has 14 heavy (non-hydrogen) atoms. The SMILES string of the molecule is OCCNC(=S)N[C@@H]1CC=CCCC1. The minimum atomic E-state index is 0.117. The van der Waals surface area contributed by atoms with E-state index in [1.54, 1.807) is 0 Å². The topological polar surface area (TPSA) is 44.3 Å². The van der Waals surface area contributed by atoms with Crippen molar-refractivity contribution >= 4 is 17.3 Å². The Morgan fingerprint density at radius 1 is 1.50 bits per heavy atom. The molecule has 0 amide bonds. The van der Waals surface area contributed by atoms with E-state index >= 15 is 0 Å². The molecular weight excluding hydrogens is 196 g/mol. The first-order valence-corrected chi connectivity index (χ1v) is 5.54. The van der Waals surface area contributed by atoms with Crippen LogP contribution in [-0.2, 0) is 0 Å². The fraction of sp³-hybridized carbons (Fsp3) is 0.700. The highest BCUT2D eigenvalue weighted by molar-refractivity contribution is 7.80. The van der Waals surface area contributed by atoms with Gasteiger partial charge in [-0.1, -0.05) is 12.2 Å². The average Bonchev–Trinajstić information content (AvgIpc) is 2.43. The molecule has 0 unspecified atom stereocenters. The highest BCUT2D eigenvalue weighted by atomic mass is 32.1. The van der Waals surface area contributed by atoms with Gasteiger partial charge >= 0.3 is 0 Å². The largest absolute Gasteiger partial charge is 0.395 e. The lowest BCUT2D eigenvalue weighted by atomic mass is 10.1. The van der Waals surface area contributed by atoms with Gasteiger partial charge in [0.15, 0.2) is 5.11 Å². The van der Waals surface area contributed by atoms with Crippen molar-refractivity contribution in [2.45, 2.75) is 31.7 Å². The maximum atomic E-state index is 8.60. The Bertz CT molecular complexity index is 206. The maximum Gasteiger partial charge on any atom is 0.166 e. The summed E-state index contributed by atoms with van der Waals surface area (Å²) in [6, 6.07) is 0.451. The van der Waals surface area contributed by atoms with E-state index in [2.05, 4.69) is 22.8 Å². The van der Waals surface area contributed by atoms with Gasteiger partial charge in [0.25, 0.3) is 0 Å². The summed E-state index contributed by atoms with van der Waals surface area (Å²) in [5.41, 5.74) is 0. The van der Waals surface area contributed by atoms with Crippen LogP contribution >= 0.6 is 12.2 Å². The van der Waals surface area contributed by atoms with Crippen LogP contribution in [0.15, 0.2) is 12.2 Å². The summed E-state index contributed by atoms with van der Waals surface area (Å²) in [7, 11) is 0.